The van der Waals surface area contributed by atoms with Crippen LogP contribution in [0.4, 0.5) is 10.2 Å². The van der Waals surface area contributed by atoms with E-state index in [0.717, 1.165) is 22.2 Å². The van der Waals surface area contributed by atoms with Crippen molar-refractivity contribution in [3.05, 3.63) is 76.8 Å². The zero-order valence-corrected chi connectivity index (χ0v) is 20.5. The molecule has 0 bridgehead atoms. The van der Waals surface area contributed by atoms with Crippen molar-refractivity contribution in [3.63, 3.8) is 0 Å². The average molecular weight is 493 g/mol. The molecule has 4 aromatic rings. The third-order valence-electron chi connectivity index (χ3n) is 7.14. The molecule has 8 heteroatoms. The number of rotatable bonds is 4. The van der Waals surface area contributed by atoms with E-state index in [9.17, 15) is 4.39 Å². The van der Waals surface area contributed by atoms with E-state index in [1.165, 1.54) is 6.07 Å². The predicted molar refractivity (Wildman–Crippen MR) is 135 cm³/mol. The Bertz CT molecular complexity index is 1510. The highest BCUT2D eigenvalue weighted by Gasteiger charge is 2.58. The number of benzene rings is 1. The monoisotopic (exact) mass is 492 g/mol. The molecule has 2 N–H and O–H groups in total. The number of aromatic nitrogens is 3. The van der Waals surface area contributed by atoms with Crippen molar-refractivity contribution in [2.75, 3.05) is 5.73 Å². The number of hydrogen-bond donors (Lipinski definition) is 1. The summed E-state index contributed by atoms with van der Waals surface area (Å²) in [5.41, 5.74) is 8.60. The van der Waals surface area contributed by atoms with Gasteiger partial charge in [-0.2, -0.15) is 0 Å². The molecular formula is C27H26ClFN4O2. The third kappa shape index (κ3) is 3.61. The number of nitrogens with zero attached hydrogens (tertiary/aromatic N) is 3. The fourth-order valence-corrected chi connectivity index (χ4v) is 5.75. The van der Waals surface area contributed by atoms with Gasteiger partial charge in [0.15, 0.2) is 5.79 Å². The highest BCUT2D eigenvalue weighted by atomic mass is 35.5. The summed E-state index contributed by atoms with van der Waals surface area (Å²) in [5.74, 6) is -0.886. The first kappa shape index (κ1) is 22.5. The lowest BCUT2D eigenvalue weighted by Crippen LogP contribution is -2.38. The van der Waals surface area contributed by atoms with Crippen LogP contribution in [-0.2, 0) is 15.9 Å². The van der Waals surface area contributed by atoms with Gasteiger partial charge in [0.2, 0.25) is 0 Å². The summed E-state index contributed by atoms with van der Waals surface area (Å²) in [7, 11) is 0. The summed E-state index contributed by atoms with van der Waals surface area (Å²) in [4.78, 5) is 8.87. The van der Waals surface area contributed by atoms with Crippen LogP contribution in [0, 0.1) is 5.82 Å². The number of nitrogen functional groups attached to an aromatic ring is 1. The Morgan fingerprint density at radius 3 is 2.83 bits per heavy atom. The van der Waals surface area contributed by atoms with Gasteiger partial charge >= 0.3 is 0 Å². The van der Waals surface area contributed by atoms with Crippen molar-refractivity contribution in [1.82, 2.24) is 14.5 Å². The van der Waals surface area contributed by atoms with Crippen LogP contribution in [0.25, 0.3) is 21.9 Å². The molecule has 0 unspecified atom stereocenters. The van der Waals surface area contributed by atoms with Crippen LogP contribution in [0.3, 0.4) is 0 Å². The third-order valence-corrected chi connectivity index (χ3v) is 7.44. The Kier molecular flexibility index (Phi) is 4.97. The fraction of sp³-hybridized carbons (Fsp3) is 0.333. The summed E-state index contributed by atoms with van der Waals surface area (Å²) >= 11 is 6.04. The topological polar surface area (TPSA) is 75.2 Å². The molecule has 0 saturated carbocycles. The largest absolute Gasteiger partial charge is 0.382 e. The van der Waals surface area contributed by atoms with Crippen LogP contribution in [0.15, 0.2) is 60.4 Å². The Morgan fingerprint density at radius 1 is 1.17 bits per heavy atom. The maximum absolute atomic E-state index is 14.8. The number of ether oxygens (including phenoxy) is 2. The van der Waals surface area contributed by atoms with Gasteiger partial charge in [-0.15, -0.1) is 0 Å². The zero-order valence-electron chi connectivity index (χ0n) is 19.8. The average Bonchev–Trinajstić information content (AvgIpc) is 3.40. The molecule has 6 nitrogen and oxygen atoms in total. The Morgan fingerprint density at radius 2 is 2.00 bits per heavy atom. The highest BCUT2D eigenvalue weighted by Crippen LogP contribution is 2.52. The van der Waals surface area contributed by atoms with Gasteiger partial charge in [-0.05, 0) is 81.1 Å². The number of aryl methyl sites for hydroxylation is 1. The van der Waals surface area contributed by atoms with Gasteiger partial charge in [0.25, 0.3) is 0 Å². The smallest absolute Gasteiger partial charge is 0.164 e. The van der Waals surface area contributed by atoms with E-state index in [-0.39, 0.29) is 28.8 Å². The summed E-state index contributed by atoms with van der Waals surface area (Å²) < 4.78 is 29.9. The standard InChI is InChI=1S/C27H26ClFN4O2/c1-26(2)34-23-22(33-10-8-16-5-4-9-31-25(16)33)13-17(27(23,3)35-26)7-6-15-11-20(29)18-14-19(28)24(30)32-21(18)12-15/h4-5,8-14,22-23H,6-7H2,1-3H3,(H2,30,32)/t22-,23+,27-/m1/s1. The van der Waals surface area contributed by atoms with Gasteiger partial charge in [0.1, 0.15) is 29.0 Å². The van der Waals surface area contributed by atoms with Gasteiger partial charge in [-0.1, -0.05) is 17.7 Å². The van der Waals surface area contributed by atoms with Gasteiger partial charge < -0.3 is 19.8 Å². The highest BCUT2D eigenvalue weighted by molar-refractivity contribution is 6.33. The lowest BCUT2D eigenvalue weighted by atomic mass is 9.90. The Hall–Kier alpha value is -3.00. The molecule has 3 atom stereocenters. The lowest BCUT2D eigenvalue weighted by molar-refractivity contribution is -0.158. The normalized spacial score (nSPS) is 25.3. The Balaban J connectivity index is 1.35. The van der Waals surface area contributed by atoms with Gasteiger partial charge in [-0.25, -0.2) is 14.4 Å². The number of nitrogens with two attached hydrogens (primary N) is 1. The van der Waals surface area contributed by atoms with Crippen LogP contribution >= 0.6 is 11.6 Å². The quantitative estimate of drug-likeness (QED) is 0.354. The molecule has 1 saturated heterocycles. The van der Waals surface area contributed by atoms with E-state index >= 15 is 0 Å². The van der Waals surface area contributed by atoms with E-state index in [0.29, 0.717) is 23.7 Å². The first-order valence-corrected chi connectivity index (χ1v) is 12.1. The number of fused-ring (bicyclic) bond motifs is 3. The SMILES string of the molecule is CC1(C)O[C@H]2[C@H](n3ccc4cccnc43)C=C(CCc3cc(F)c4cc(Cl)c(N)nc4c3)[C@@]2(C)O1. The van der Waals surface area contributed by atoms with Crippen LogP contribution in [0.1, 0.15) is 38.8 Å². The van der Waals surface area contributed by atoms with E-state index < -0.39 is 11.4 Å². The lowest BCUT2D eigenvalue weighted by Gasteiger charge is -2.28. The van der Waals surface area contributed by atoms with Crippen molar-refractivity contribution in [1.29, 1.82) is 0 Å². The maximum atomic E-state index is 14.8. The second kappa shape index (κ2) is 7.75. The zero-order chi connectivity index (χ0) is 24.5. The van der Waals surface area contributed by atoms with Gasteiger partial charge in [0, 0.05) is 23.2 Å². The Labute approximate surface area is 207 Å². The second-order valence-corrected chi connectivity index (χ2v) is 10.4. The van der Waals surface area contributed by atoms with E-state index in [4.69, 9.17) is 26.8 Å². The van der Waals surface area contributed by atoms with Crippen molar-refractivity contribution < 1.29 is 13.9 Å². The minimum absolute atomic E-state index is 0.0684. The minimum atomic E-state index is -0.719. The molecule has 1 aliphatic heterocycles. The maximum Gasteiger partial charge on any atom is 0.164 e. The summed E-state index contributed by atoms with van der Waals surface area (Å²) in [6.45, 7) is 5.97. The molecule has 0 amide bonds. The number of pyridine rings is 2. The summed E-state index contributed by atoms with van der Waals surface area (Å²) in [6.07, 6.45) is 7.17. The molecule has 4 heterocycles. The molecule has 2 aliphatic rings. The summed E-state index contributed by atoms with van der Waals surface area (Å²) in [6, 6.07) is 10.9. The fourth-order valence-electron chi connectivity index (χ4n) is 5.60. The second-order valence-electron chi connectivity index (χ2n) is 9.97. The van der Waals surface area contributed by atoms with Crippen LogP contribution in [-0.4, -0.2) is 32.0 Å². The molecule has 180 valence electrons. The molecule has 35 heavy (non-hydrogen) atoms. The van der Waals surface area contributed by atoms with Crippen molar-refractivity contribution >= 4 is 39.4 Å². The van der Waals surface area contributed by atoms with Crippen LogP contribution in [0.5, 0.6) is 0 Å². The van der Waals surface area contributed by atoms with Crippen LogP contribution in [0.2, 0.25) is 5.02 Å². The molecular weight excluding hydrogens is 467 g/mol. The number of halogens is 2. The molecule has 1 fully saturated rings. The molecule has 0 radical (unpaired) electrons. The molecule has 3 aromatic heterocycles. The molecule has 0 spiro atoms. The van der Waals surface area contributed by atoms with E-state index in [2.05, 4.69) is 45.9 Å². The summed E-state index contributed by atoms with van der Waals surface area (Å²) in [5, 5.41) is 1.69. The van der Waals surface area contributed by atoms with E-state index in [1.54, 1.807) is 12.3 Å². The first-order valence-electron chi connectivity index (χ1n) is 11.7. The van der Waals surface area contributed by atoms with Crippen molar-refractivity contribution in [3.8, 4) is 0 Å². The predicted octanol–water partition coefficient (Wildman–Crippen LogP) is 5.98. The number of anilines is 1. The van der Waals surface area contributed by atoms with Gasteiger partial charge in [-0.3, -0.25) is 0 Å². The molecule has 1 aromatic carbocycles. The molecule has 1 aliphatic carbocycles. The number of hydrogen-bond acceptors (Lipinski definition) is 5. The first-order chi connectivity index (χ1) is 16.6. The van der Waals surface area contributed by atoms with Gasteiger partial charge in [0.05, 0.1) is 16.6 Å². The minimum Gasteiger partial charge on any atom is -0.382 e. The molecule has 6 rings (SSSR count). The van der Waals surface area contributed by atoms with Crippen molar-refractivity contribution in [2.24, 2.45) is 0 Å². The van der Waals surface area contributed by atoms with E-state index in [1.807, 2.05) is 26.0 Å². The van der Waals surface area contributed by atoms with Crippen LogP contribution < -0.4 is 5.73 Å². The van der Waals surface area contributed by atoms with Crippen molar-refractivity contribution in [2.45, 2.75) is 57.1 Å².